The summed E-state index contributed by atoms with van der Waals surface area (Å²) in [4.78, 5) is 22.9. The zero-order valence-corrected chi connectivity index (χ0v) is 12.6. The zero-order valence-electron chi connectivity index (χ0n) is 12.6. The van der Waals surface area contributed by atoms with E-state index in [2.05, 4.69) is 5.32 Å². The molecule has 20 heavy (non-hydrogen) atoms. The lowest BCUT2D eigenvalue weighted by Gasteiger charge is -2.19. The quantitative estimate of drug-likeness (QED) is 0.830. The van der Waals surface area contributed by atoms with Crippen LogP contribution in [0.4, 0.5) is 0 Å². The van der Waals surface area contributed by atoms with Gasteiger partial charge in [0.25, 0.3) is 0 Å². The molecule has 5 nitrogen and oxygen atoms in total. The maximum absolute atomic E-state index is 11.7. The molecule has 0 radical (unpaired) electrons. The molecule has 0 fully saturated rings. The van der Waals surface area contributed by atoms with E-state index in [0.29, 0.717) is 6.42 Å². The SMILES string of the molecule is COC(=O)C(Cc1c(C)cc(OC)cc1C)NC(C)=O. The molecule has 0 bridgehead atoms. The molecule has 1 aromatic rings. The number of amides is 1. The first-order chi connectivity index (χ1) is 9.38. The summed E-state index contributed by atoms with van der Waals surface area (Å²) in [6.07, 6.45) is 0.397. The standard InChI is InChI=1S/C15H21NO4/c1-9-6-12(19-4)7-10(2)13(9)8-14(15(18)20-5)16-11(3)17/h6-7,14H,8H2,1-5H3,(H,16,17). The topological polar surface area (TPSA) is 64.6 Å². The molecule has 0 aromatic heterocycles. The fraction of sp³-hybridized carbons (Fsp3) is 0.467. The lowest BCUT2D eigenvalue weighted by molar-refractivity contribution is -0.144. The zero-order chi connectivity index (χ0) is 15.3. The Hall–Kier alpha value is -2.04. The Kier molecular flexibility index (Phi) is 5.55. The molecular weight excluding hydrogens is 258 g/mol. The Morgan fingerprint density at radius 2 is 1.75 bits per heavy atom. The van der Waals surface area contributed by atoms with Crippen LogP contribution in [0, 0.1) is 13.8 Å². The predicted octanol–water partition coefficient (Wildman–Crippen LogP) is 1.53. The van der Waals surface area contributed by atoms with Crippen molar-refractivity contribution in [2.24, 2.45) is 0 Å². The first-order valence-corrected chi connectivity index (χ1v) is 6.38. The summed E-state index contributed by atoms with van der Waals surface area (Å²) >= 11 is 0. The molecule has 1 atom stereocenters. The summed E-state index contributed by atoms with van der Waals surface area (Å²) in [5.41, 5.74) is 3.04. The van der Waals surface area contributed by atoms with Crippen LogP contribution in [0.5, 0.6) is 5.75 Å². The van der Waals surface area contributed by atoms with E-state index in [-0.39, 0.29) is 5.91 Å². The number of hydrogen-bond acceptors (Lipinski definition) is 4. The number of carbonyl (C=O) groups is 2. The van der Waals surface area contributed by atoms with Crippen LogP contribution in [0.2, 0.25) is 0 Å². The summed E-state index contributed by atoms with van der Waals surface area (Å²) < 4.78 is 9.94. The number of ether oxygens (including phenoxy) is 2. The van der Waals surface area contributed by atoms with Crippen molar-refractivity contribution in [2.75, 3.05) is 14.2 Å². The molecule has 0 aliphatic rings. The van der Waals surface area contributed by atoms with E-state index in [9.17, 15) is 9.59 Å². The number of esters is 1. The largest absolute Gasteiger partial charge is 0.497 e. The van der Waals surface area contributed by atoms with Gasteiger partial charge in [-0.3, -0.25) is 4.79 Å². The Morgan fingerprint density at radius 3 is 2.15 bits per heavy atom. The van der Waals surface area contributed by atoms with Gasteiger partial charge in [0.05, 0.1) is 14.2 Å². The van der Waals surface area contributed by atoms with Crippen LogP contribution < -0.4 is 10.1 Å². The van der Waals surface area contributed by atoms with E-state index in [4.69, 9.17) is 9.47 Å². The number of aryl methyl sites for hydroxylation is 2. The van der Waals surface area contributed by atoms with Gasteiger partial charge in [0.1, 0.15) is 11.8 Å². The summed E-state index contributed by atoms with van der Waals surface area (Å²) in [5, 5.41) is 2.62. The molecule has 1 unspecified atom stereocenters. The minimum Gasteiger partial charge on any atom is -0.497 e. The van der Waals surface area contributed by atoms with Crippen LogP contribution in [0.1, 0.15) is 23.6 Å². The van der Waals surface area contributed by atoms with Gasteiger partial charge in [-0.05, 0) is 42.7 Å². The van der Waals surface area contributed by atoms with Crippen LogP contribution in [0.15, 0.2) is 12.1 Å². The average molecular weight is 279 g/mol. The number of benzene rings is 1. The number of methoxy groups -OCH3 is 2. The molecule has 1 rings (SSSR count). The van der Waals surface area contributed by atoms with E-state index < -0.39 is 12.0 Å². The van der Waals surface area contributed by atoms with Crippen LogP contribution in [0.3, 0.4) is 0 Å². The van der Waals surface area contributed by atoms with E-state index in [1.165, 1.54) is 14.0 Å². The van der Waals surface area contributed by atoms with Crippen molar-refractivity contribution in [2.45, 2.75) is 33.2 Å². The lowest BCUT2D eigenvalue weighted by atomic mass is 9.96. The van der Waals surface area contributed by atoms with Gasteiger partial charge in [0, 0.05) is 13.3 Å². The predicted molar refractivity (Wildman–Crippen MR) is 75.8 cm³/mol. The monoisotopic (exact) mass is 279 g/mol. The highest BCUT2D eigenvalue weighted by atomic mass is 16.5. The summed E-state index contributed by atoms with van der Waals surface area (Å²) in [6.45, 7) is 5.28. The highest BCUT2D eigenvalue weighted by molar-refractivity contribution is 5.83. The smallest absolute Gasteiger partial charge is 0.328 e. The van der Waals surface area contributed by atoms with Gasteiger partial charge in [-0.1, -0.05) is 0 Å². The first kappa shape index (κ1) is 16.0. The Labute approximate surface area is 119 Å². The molecule has 1 aromatic carbocycles. The molecule has 110 valence electrons. The molecule has 0 aliphatic carbocycles. The third kappa shape index (κ3) is 3.98. The van der Waals surface area contributed by atoms with Crippen molar-refractivity contribution in [3.63, 3.8) is 0 Å². The van der Waals surface area contributed by atoms with E-state index in [0.717, 1.165) is 22.4 Å². The summed E-state index contributed by atoms with van der Waals surface area (Å²) in [6, 6.07) is 3.14. The number of hydrogen-bond donors (Lipinski definition) is 1. The summed E-state index contributed by atoms with van der Waals surface area (Å²) in [7, 11) is 2.92. The average Bonchev–Trinajstić information content (AvgIpc) is 2.39. The van der Waals surface area contributed by atoms with E-state index in [1.54, 1.807) is 7.11 Å². The Morgan fingerprint density at radius 1 is 1.20 bits per heavy atom. The molecule has 0 spiro atoms. The van der Waals surface area contributed by atoms with Crippen molar-refractivity contribution >= 4 is 11.9 Å². The van der Waals surface area contributed by atoms with Crippen LogP contribution >= 0.6 is 0 Å². The third-order valence-electron chi connectivity index (χ3n) is 3.18. The van der Waals surface area contributed by atoms with Crippen molar-refractivity contribution in [3.8, 4) is 5.75 Å². The van der Waals surface area contributed by atoms with Crippen LogP contribution in [0.25, 0.3) is 0 Å². The second-order valence-electron chi connectivity index (χ2n) is 4.72. The van der Waals surface area contributed by atoms with Gasteiger partial charge in [-0.15, -0.1) is 0 Å². The highest BCUT2D eigenvalue weighted by Crippen LogP contribution is 2.23. The molecule has 0 saturated carbocycles. The lowest BCUT2D eigenvalue weighted by Crippen LogP contribution is -2.42. The minimum absolute atomic E-state index is 0.260. The Bertz CT molecular complexity index is 488. The van der Waals surface area contributed by atoms with Crippen molar-refractivity contribution in [1.29, 1.82) is 0 Å². The van der Waals surface area contributed by atoms with Gasteiger partial charge < -0.3 is 14.8 Å². The molecule has 1 N–H and O–H groups in total. The van der Waals surface area contributed by atoms with Gasteiger partial charge >= 0.3 is 5.97 Å². The molecule has 0 saturated heterocycles. The second kappa shape index (κ2) is 6.93. The number of nitrogens with one attached hydrogen (secondary N) is 1. The van der Waals surface area contributed by atoms with Crippen molar-refractivity contribution in [1.82, 2.24) is 5.32 Å². The van der Waals surface area contributed by atoms with Crippen molar-refractivity contribution < 1.29 is 19.1 Å². The molecule has 0 aliphatic heterocycles. The molecule has 5 heteroatoms. The van der Waals surface area contributed by atoms with Gasteiger partial charge in [0.2, 0.25) is 5.91 Å². The van der Waals surface area contributed by atoms with E-state index in [1.807, 2.05) is 26.0 Å². The molecular formula is C15H21NO4. The highest BCUT2D eigenvalue weighted by Gasteiger charge is 2.22. The number of carbonyl (C=O) groups excluding carboxylic acids is 2. The van der Waals surface area contributed by atoms with Crippen molar-refractivity contribution in [3.05, 3.63) is 28.8 Å². The summed E-state index contributed by atoms with van der Waals surface area (Å²) in [5.74, 6) is 0.0666. The maximum atomic E-state index is 11.7. The fourth-order valence-electron chi connectivity index (χ4n) is 2.18. The fourth-order valence-corrected chi connectivity index (χ4v) is 2.18. The van der Waals surface area contributed by atoms with Crippen LogP contribution in [-0.4, -0.2) is 32.1 Å². The van der Waals surface area contributed by atoms with E-state index >= 15 is 0 Å². The van der Waals surface area contributed by atoms with Gasteiger partial charge in [-0.2, -0.15) is 0 Å². The molecule has 1 amide bonds. The normalized spacial score (nSPS) is 11.7. The molecule has 0 heterocycles. The van der Waals surface area contributed by atoms with Crippen LogP contribution in [-0.2, 0) is 20.7 Å². The second-order valence-corrected chi connectivity index (χ2v) is 4.72. The Balaban J connectivity index is 3.04. The van der Waals surface area contributed by atoms with Gasteiger partial charge in [-0.25, -0.2) is 4.79 Å². The number of rotatable bonds is 5. The van der Waals surface area contributed by atoms with Gasteiger partial charge in [0.15, 0.2) is 0 Å². The maximum Gasteiger partial charge on any atom is 0.328 e. The third-order valence-corrected chi connectivity index (χ3v) is 3.18. The first-order valence-electron chi connectivity index (χ1n) is 6.38. The minimum atomic E-state index is -0.678.